The summed E-state index contributed by atoms with van der Waals surface area (Å²) in [6.45, 7) is 10.00. The maximum absolute atomic E-state index is 13.1. The molecule has 2 aliphatic heterocycles. The third kappa shape index (κ3) is 5.31. The number of hydrogen-bond donors (Lipinski definition) is 1. The molecule has 30 heavy (non-hydrogen) atoms. The maximum atomic E-state index is 13.1. The number of piperidine rings is 1. The number of benzene rings is 1. The lowest BCUT2D eigenvalue weighted by Crippen LogP contribution is -2.55. The second-order valence-corrected chi connectivity index (χ2v) is 8.76. The van der Waals surface area contributed by atoms with Gasteiger partial charge < -0.3 is 15.1 Å². The second kappa shape index (κ2) is 9.94. The molecule has 0 saturated carbocycles. The zero-order chi connectivity index (χ0) is 21.7. The van der Waals surface area contributed by atoms with Crippen molar-refractivity contribution in [3.63, 3.8) is 0 Å². The molecule has 0 radical (unpaired) electrons. The number of piperazine rings is 1. The van der Waals surface area contributed by atoms with Gasteiger partial charge in [0.1, 0.15) is 6.04 Å². The topological polar surface area (TPSA) is 79.7 Å². The zero-order valence-corrected chi connectivity index (χ0v) is 18.3. The van der Waals surface area contributed by atoms with Gasteiger partial charge in [-0.15, -0.1) is 0 Å². The minimum absolute atomic E-state index is 0.0993. The van der Waals surface area contributed by atoms with E-state index in [0.717, 1.165) is 37.2 Å². The van der Waals surface area contributed by atoms with E-state index in [1.54, 1.807) is 4.90 Å². The average molecular weight is 412 g/mol. The van der Waals surface area contributed by atoms with E-state index >= 15 is 0 Å². The van der Waals surface area contributed by atoms with E-state index in [1.165, 1.54) is 0 Å². The molecule has 2 unspecified atom stereocenters. The van der Waals surface area contributed by atoms with E-state index in [-0.39, 0.29) is 29.8 Å². The molecular weight excluding hydrogens is 378 g/mol. The number of carbonyl (C=O) groups is 2. The highest BCUT2D eigenvalue weighted by Crippen LogP contribution is 2.22. The molecular formula is C23H33N5O2. The van der Waals surface area contributed by atoms with E-state index in [2.05, 4.69) is 30.1 Å². The van der Waals surface area contributed by atoms with Crippen molar-refractivity contribution in [1.29, 1.82) is 5.26 Å². The highest BCUT2D eigenvalue weighted by atomic mass is 16.2. The van der Waals surface area contributed by atoms with Crippen molar-refractivity contribution in [3.8, 4) is 6.07 Å². The normalized spacial score (nSPS) is 21.2. The Morgan fingerprint density at radius 1 is 1.13 bits per heavy atom. The number of amides is 3. The van der Waals surface area contributed by atoms with Gasteiger partial charge in [-0.1, -0.05) is 26.0 Å². The standard InChI is InChI=1S/C23H33N5O2/c1-17(2)21(15-24)26-10-12-27(13-11-26)22(29)19-7-5-9-28(16-19)23(30)25-20-8-4-6-18(3)14-20/h4,6,8,14,17,19,21H,5,7,9-13,16H2,1-3H3,(H,25,30). The number of carbonyl (C=O) groups excluding carboxylic acids is 2. The van der Waals surface area contributed by atoms with Crippen LogP contribution < -0.4 is 5.32 Å². The van der Waals surface area contributed by atoms with Gasteiger partial charge >= 0.3 is 6.03 Å². The summed E-state index contributed by atoms with van der Waals surface area (Å²) >= 11 is 0. The smallest absolute Gasteiger partial charge is 0.321 e. The third-order valence-electron chi connectivity index (χ3n) is 6.11. The van der Waals surface area contributed by atoms with Crippen LogP contribution in [0.3, 0.4) is 0 Å². The largest absolute Gasteiger partial charge is 0.340 e. The lowest BCUT2D eigenvalue weighted by Gasteiger charge is -2.40. The SMILES string of the molecule is Cc1cccc(NC(=O)N2CCCC(C(=O)N3CCN(C(C#N)C(C)C)CC3)C2)c1. The Bertz CT molecular complexity index is 795. The molecule has 2 saturated heterocycles. The molecule has 1 aromatic carbocycles. The molecule has 3 rings (SSSR count). The fourth-order valence-corrected chi connectivity index (χ4v) is 4.42. The van der Waals surface area contributed by atoms with Crippen LogP contribution in [-0.2, 0) is 4.79 Å². The van der Waals surface area contributed by atoms with Crippen LogP contribution in [0.1, 0.15) is 32.3 Å². The molecule has 7 heteroatoms. The van der Waals surface area contributed by atoms with Crippen LogP contribution in [0, 0.1) is 30.1 Å². The summed E-state index contributed by atoms with van der Waals surface area (Å²) < 4.78 is 0. The quantitative estimate of drug-likeness (QED) is 0.826. The first-order valence-corrected chi connectivity index (χ1v) is 10.9. The van der Waals surface area contributed by atoms with Crippen molar-refractivity contribution >= 4 is 17.6 Å². The van der Waals surface area contributed by atoms with E-state index in [1.807, 2.05) is 36.1 Å². The number of aryl methyl sites for hydroxylation is 1. The Balaban J connectivity index is 1.53. The molecule has 2 heterocycles. The average Bonchev–Trinajstić information content (AvgIpc) is 2.74. The summed E-state index contributed by atoms with van der Waals surface area (Å²) in [4.78, 5) is 31.6. The summed E-state index contributed by atoms with van der Waals surface area (Å²) in [6.07, 6.45) is 1.65. The third-order valence-corrected chi connectivity index (χ3v) is 6.11. The first kappa shape index (κ1) is 22.1. The molecule has 0 spiro atoms. The number of nitrogens with zero attached hydrogens (tertiary/aromatic N) is 4. The number of likely N-dealkylation sites (tertiary alicyclic amines) is 1. The van der Waals surface area contributed by atoms with Gasteiger partial charge in [-0.25, -0.2) is 4.79 Å². The number of urea groups is 1. The van der Waals surface area contributed by atoms with Crippen LogP contribution in [0.4, 0.5) is 10.5 Å². The Morgan fingerprint density at radius 2 is 1.87 bits per heavy atom. The first-order valence-electron chi connectivity index (χ1n) is 10.9. The van der Waals surface area contributed by atoms with Gasteiger partial charge in [0, 0.05) is 45.0 Å². The molecule has 0 aliphatic carbocycles. The Morgan fingerprint density at radius 3 is 2.50 bits per heavy atom. The minimum Gasteiger partial charge on any atom is -0.340 e. The Labute approximate surface area is 179 Å². The fourth-order valence-electron chi connectivity index (χ4n) is 4.42. The van der Waals surface area contributed by atoms with Crippen molar-refractivity contribution in [2.45, 2.75) is 39.7 Å². The predicted molar refractivity (Wildman–Crippen MR) is 117 cm³/mol. The van der Waals surface area contributed by atoms with Crippen LogP contribution in [0.25, 0.3) is 0 Å². The van der Waals surface area contributed by atoms with Crippen molar-refractivity contribution in [3.05, 3.63) is 29.8 Å². The number of hydrogen-bond acceptors (Lipinski definition) is 4. The van der Waals surface area contributed by atoms with Gasteiger partial charge in [-0.3, -0.25) is 9.69 Å². The highest BCUT2D eigenvalue weighted by Gasteiger charge is 2.34. The van der Waals surface area contributed by atoms with Crippen molar-refractivity contribution in [1.82, 2.24) is 14.7 Å². The molecule has 1 N–H and O–H groups in total. The molecule has 2 aliphatic rings. The number of nitrogens with one attached hydrogen (secondary N) is 1. The summed E-state index contributed by atoms with van der Waals surface area (Å²) in [5.41, 5.74) is 1.87. The monoisotopic (exact) mass is 411 g/mol. The van der Waals surface area contributed by atoms with Gasteiger partial charge in [-0.05, 0) is 43.4 Å². The van der Waals surface area contributed by atoms with Crippen molar-refractivity contribution in [2.24, 2.45) is 11.8 Å². The van der Waals surface area contributed by atoms with Gasteiger partial charge in [-0.2, -0.15) is 5.26 Å². The summed E-state index contributed by atoms with van der Waals surface area (Å²) in [6, 6.07) is 9.88. The van der Waals surface area contributed by atoms with Gasteiger partial charge in [0.05, 0.1) is 12.0 Å². The molecule has 1 aromatic rings. The lowest BCUT2D eigenvalue weighted by molar-refractivity contribution is -0.139. The Hall–Kier alpha value is -2.59. The minimum atomic E-state index is -0.148. The van der Waals surface area contributed by atoms with E-state index < -0.39 is 0 Å². The van der Waals surface area contributed by atoms with Crippen LogP contribution >= 0.6 is 0 Å². The number of rotatable bonds is 4. The second-order valence-electron chi connectivity index (χ2n) is 8.76. The van der Waals surface area contributed by atoms with Crippen molar-refractivity contribution in [2.75, 3.05) is 44.6 Å². The molecule has 2 fully saturated rings. The molecule has 2 atom stereocenters. The molecule has 0 bridgehead atoms. The highest BCUT2D eigenvalue weighted by molar-refractivity contribution is 5.90. The van der Waals surface area contributed by atoms with Crippen LogP contribution in [0.2, 0.25) is 0 Å². The lowest BCUT2D eigenvalue weighted by atomic mass is 9.96. The molecule has 7 nitrogen and oxygen atoms in total. The Kier molecular flexibility index (Phi) is 7.33. The summed E-state index contributed by atoms with van der Waals surface area (Å²) in [5.74, 6) is 0.266. The van der Waals surface area contributed by atoms with E-state index in [9.17, 15) is 14.9 Å². The zero-order valence-electron chi connectivity index (χ0n) is 18.3. The van der Waals surface area contributed by atoms with Crippen LogP contribution in [0.15, 0.2) is 24.3 Å². The summed E-state index contributed by atoms with van der Waals surface area (Å²) in [5, 5.41) is 12.4. The summed E-state index contributed by atoms with van der Waals surface area (Å²) in [7, 11) is 0. The number of anilines is 1. The number of nitriles is 1. The molecule has 3 amide bonds. The predicted octanol–water partition coefficient (Wildman–Crippen LogP) is 2.93. The van der Waals surface area contributed by atoms with Gasteiger partial charge in [0.15, 0.2) is 0 Å². The van der Waals surface area contributed by atoms with Crippen LogP contribution in [0.5, 0.6) is 0 Å². The maximum Gasteiger partial charge on any atom is 0.321 e. The molecule has 0 aromatic heterocycles. The van der Waals surface area contributed by atoms with Gasteiger partial charge in [0.2, 0.25) is 5.91 Å². The van der Waals surface area contributed by atoms with E-state index in [0.29, 0.717) is 26.2 Å². The van der Waals surface area contributed by atoms with Gasteiger partial charge in [0.25, 0.3) is 0 Å². The van der Waals surface area contributed by atoms with E-state index in [4.69, 9.17) is 0 Å². The first-order chi connectivity index (χ1) is 14.4. The van der Waals surface area contributed by atoms with Crippen molar-refractivity contribution < 1.29 is 9.59 Å². The van der Waals surface area contributed by atoms with Crippen LogP contribution in [-0.4, -0.2) is 71.9 Å². The molecule has 162 valence electrons. The fraction of sp³-hybridized carbons (Fsp3) is 0.609.